The summed E-state index contributed by atoms with van der Waals surface area (Å²) in [5, 5.41) is 3.94. The van der Waals surface area contributed by atoms with Gasteiger partial charge in [-0.1, -0.05) is 11.2 Å². The van der Waals surface area contributed by atoms with Gasteiger partial charge in [-0.15, -0.1) is 0 Å². The molecule has 0 N–H and O–H groups in total. The van der Waals surface area contributed by atoms with Crippen molar-refractivity contribution >= 4 is 5.78 Å². The summed E-state index contributed by atoms with van der Waals surface area (Å²) in [6.07, 6.45) is 0. The Balaban J connectivity index is 1.40. The molecule has 0 bridgehead atoms. The van der Waals surface area contributed by atoms with Crippen molar-refractivity contribution in [3.8, 4) is 34.3 Å². The zero-order chi connectivity index (χ0) is 20.9. The van der Waals surface area contributed by atoms with E-state index in [4.69, 9.17) is 14.0 Å². The molecular weight excluding hydrogens is 387 g/mol. The van der Waals surface area contributed by atoms with E-state index in [1.165, 1.54) is 12.1 Å². The van der Waals surface area contributed by atoms with Crippen LogP contribution in [0.1, 0.15) is 10.4 Å². The average Bonchev–Trinajstić information content (AvgIpc) is 3.28. The number of benzene rings is 3. The number of ketones is 1. The highest BCUT2D eigenvalue weighted by molar-refractivity contribution is 5.97. The molecule has 1 aromatic heterocycles. The molecule has 0 saturated heterocycles. The maximum atomic E-state index is 13.4. The van der Waals surface area contributed by atoms with Crippen LogP contribution in [-0.2, 0) is 0 Å². The van der Waals surface area contributed by atoms with Gasteiger partial charge in [0.05, 0.1) is 7.11 Å². The topological polar surface area (TPSA) is 74.5 Å². The van der Waals surface area contributed by atoms with Crippen LogP contribution in [-0.4, -0.2) is 29.6 Å². The van der Waals surface area contributed by atoms with Gasteiger partial charge in [-0.25, -0.2) is 4.39 Å². The van der Waals surface area contributed by atoms with Crippen molar-refractivity contribution in [2.75, 3.05) is 13.7 Å². The van der Waals surface area contributed by atoms with E-state index in [2.05, 4.69) is 10.1 Å². The van der Waals surface area contributed by atoms with Gasteiger partial charge in [0.2, 0.25) is 5.82 Å². The lowest BCUT2D eigenvalue weighted by Crippen LogP contribution is -2.11. The van der Waals surface area contributed by atoms with Crippen LogP contribution in [0.25, 0.3) is 22.8 Å². The van der Waals surface area contributed by atoms with E-state index in [1.807, 2.05) is 0 Å². The molecule has 0 fully saturated rings. The monoisotopic (exact) mass is 404 g/mol. The summed E-state index contributed by atoms with van der Waals surface area (Å²) in [7, 11) is 1.57. The summed E-state index contributed by atoms with van der Waals surface area (Å²) in [5.41, 5.74) is 1.75. The Morgan fingerprint density at radius 1 is 0.967 bits per heavy atom. The first-order valence-electron chi connectivity index (χ1n) is 9.12. The van der Waals surface area contributed by atoms with Gasteiger partial charge >= 0.3 is 0 Å². The predicted octanol–water partition coefficient (Wildman–Crippen LogP) is 4.81. The van der Waals surface area contributed by atoms with Gasteiger partial charge in [0, 0.05) is 16.7 Å². The van der Waals surface area contributed by atoms with E-state index in [-0.39, 0.29) is 24.1 Å². The van der Waals surface area contributed by atoms with Crippen LogP contribution in [0.15, 0.2) is 77.3 Å². The molecular formula is C23H17FN2O4. The third kappa shape index (κ3) is 4.35. The molecule has 0 saturated carbocycles. The highest BCUT2D eigenvalue weighted by Crippen LogP contribution is 2.24. The lowest BCUT2D eigenvalue weighted by Gasteiger charge is -2.06. The maximum Gasteiger partial charge on any atom is 0.258 e. The number of Topliss-reactive ketones (excluding diaryl/α,β-unsaturated/α-hetero) is 1. The molecule has 0 atom stereocenters. The number of aromatic nitrogens is 2. The molecule has 3 aromatic carbocycles. The van der Waals surface area contributed by atoms with E-state index >= 15 is 0 Å². The maximum absolute atomic E-state index is 13.4. The smallest absolute Gasteiger partial charge is 0.258 e. The number of nitrogens with zero attached hydrogens (tertiary/aromatic N) is 2. The number of hydrogen-bond donors (Lipinski definition) is 0. The molecule has 0 amide bonds. The molecule has 4 aromatic rings. The van der Waals surface area contributed by atoms with Crippen LogP contribution >= 0.6 is 0 Å². The molecule has 0 aliphatic heterocycles. The Labute approximate surface area is 171 Å². The van der Waals surface area contributed by atoms with Gasteiger partial charge in [-0.3, -0.25) is 4.79 Å². The quantitative estimate of drug-likeness (QED) is 0.412. The number of rotatable bonds is 7. The minimum absolute atomic E-state index is 0.0857. The molecule has 0 radical (unpaired) electrons. The summed E-state index contributed by atoms with van der Waals surface area (Å²) in [4.78, 5) is 16.5. The highest BCUT2D eigenvalue weighted by Gasteiger charge is 2.12. The van der Waals surface area contributed by atoms with E-state index in [1.54, 1.807) is 67.8 Å². The number of hydrogen-bond acceptors (Lipinski definition) is 6. The fourth-order valence-corrected chi connectivity index (χ4v) is 2.79. The Morgan fingerprint density at radius 3 is 2.40 bits per heavy atom. The third-order valence-corrected chi connectivity index (χ3v) is 4.39. The van der Waals surface area contributed by atoms with Crippen LogP contribution in [0.4, 0.5) is 4.39 Å². The standard InChI is InChI=1S/C23H17FN2O4/c1-28-19-9-5-15(6-10-19)21(27)14-29-20-11-7-16(8-12-20)22-25-23(30-26-22)17-3-2-4-18(24)13-17/h2-13H,14H2,1H3. The SMILES string of the molecule is COc1ccc(C(=O)COc2ccc(-c3noc(-c4cccc(F)c4)n3)cc2)cc1. The first kappa shape index (κ1) is 19.3. The second kappa shape index (κ2) is 8.57. The Kier molecular flexibility index (Phi) is 5.52. The van der Waals surface area contributed by atoms with Crippen molar-refractivity contribution in [1.29, 1.82) is 0 Å². The zero-order valence-corrected chi connectivity index (χ0v) is 16.0. The van der Waals surface area contributed by atoms with Crippen molar-refractivity contribution in [2.24, 2.45) is 0 Å². The number of carbonyl (C=O) groups excluding carboxylic acids is 1. The summed E-state index contributed by atoms with van der Waals surface area (Å²) < 4.78 is 29.2. The minimum Gasteiger partial charge on any atom is -0.497 e. The Morgan fingerprint density at radius 2 is 1.70 bits per heavy atom. The third-order valence-electron chi connectivity index (χ3n) is 4.39. The van der Waals surface area contributed by atoms with Crippen LogP contribution < -0.4 is 9.47 Å². The molecule has 0 spiro atoms. The number of methoxy groups -OCH3 is 1. The van der Waals surface area contributed by atoms with E-state index < -0.39 is 0 Å². The van der Waals surface area contributed by atoms with Crippen LogP contribution in [0.2, 0.25) is 0 Å². The van der Waals surface area contributed by atoms with Crippen molar-refractivity contribution in [3.05, 3.63) is 84.2 Å². The molecule has 0 aliphatic carbocycles. The van der Waals surface area contributed by atoms with Gasteiger partial charge in [0.25, 0.3) is 5.89 Å². The normalized spacial score (nSPS) is 10.6. The van der Waals surface area contributed by atoms with Crippen molar-refractivity contribution in [1.82, 2.24) is 10.1 Å². The second-order valence-electron chi connectivity index (χ2n) is 6.40. The van der Waals surface area contributed by atoms with Crippen molar-refractivity contribution in [2.45, 2.75) is 0 Å². The predicted molar refractivity (Wildman–Crippen MR) is 108 cm³/mol. The largest absolute Gasteiger partial charge is 0.497 e. The van der Waals surface area contributed by atoms with Gasteiger partial charge < -0.3 is 14.0 Å². The van der Waals surface area contributed by atoms with E-state index in [0.29, 0.717) is 34.0 Å². The number of ether oxygens (including phenoxy) is 2. The molecule has 4 rings (SSSR count). The molecule has 0 unspecified atom stereocenters. The Bertz CT molecular complexity index is 1150. The van der Waals surface area contributed by atoms with Gasteiger partial charge in [0.15, 0.2) is 12.4 Å². The molecule has 30 heavy (non-hydrogen) atoms. The van der Waals surface area contributed by atoms with Gasteiger partial charge in [-0.05, 0) is 66.7 Å². The average molecular weight is 404 g/mol. The summed E-state index contributed by atoms with van der Waals surface area (Å²) in [6, 6.07) is 19.7. The lowest BCUT2D eigenvalue weighted by molar-refractivity contribution is 0.0921. The fraction of sp³-hybridized carbons (Fsp3) is 0.0870. The molecule has 150 valence electrons. The first-order chi connectivity index (χ1) is 14.6. The molecule has 6 nitrogen and oxygen atoms in total. The van der Waals surface area contributed by atoms with Gasteiger partial charge in [-0.2, -0.15) is 4.98 Å². The number of carbonyl (C=O) groups is 1. The summed E-state index contributed by atoms with van der Waals surface area (Å²) in [5.74, 6) is 1.31. The second-order valence-corrected chi connectivity index (χ2v) is 6.40. The summed E-state index contributed by atoms with van der Waals surface area (Å²) in [6.45, 7) is -0.0857. The minimum atomic E-state index is -0.377. The van der Waals surface area contributed by atoms with Crippen molar-refractivity contribution in [3.63, 3.8) is 0 Å². The van der Waals surface area contributed by atoms with Crippen LogP contribution in [0.3, 0.4) is 0 Å². The van der Waals surface area contributed by atoms with Crippen molar-refractivity contribution < 1.29 is 23.2 Å². The zero-order valence-electron chi connectivity index (χ0n) is 16.0. The Hall–Kier alpha value is -4.00. The number of halogens is 1. The highest BCUT2D eigenvalue weighted by atomic mass is 19.1. The van der Waals surface area contributed by atoms with Gasteiger partial charge in [0.1, 0.15) is 17.3 Å². The van der Waals surface area contributed by atoms with Crippen LogP contribution in [0.5, 0.6) is 11.5 Å². The van der Waals surface area contributed by atoms with E-state index in [0.717, 1.165) is 0 Å². The molecule has 1 heterocycles. The summed E-state index contributed by atoms with van der Waals surface area (Å²) >= 11 is 0. The fourth-order valence-electron chi connectivity index (χ4n) is 2.79. The van der Waals surface area contributed by atoms with E-state index in [9.17, 15) is 9.18 Å². The first-order valence-corrected chi connectivity index (χ1v) is 9.12. The molecule has 0 aliphatic rings. The molecule has 7 heteroatoms. The van der Waals surface area contributed by atoms with Crippen LogP contribution in [0, 0.1) is 5.82 Å². The lowest BCUT2D eigenvalue weighted by atomic mass is 10.1.